The maximum Gasteiger partial charge on any atom is 0.195 e. The Morgan fingerprint density at radius 1 is 1.06 bits per heavy atom. The minimum Gasteiger partial charge on any atom is -0.399 e. The molecule has 0 atom stereocenters. The molecular formula is C13H10FNO. The van der Waals surface area contributed by atoms with Gasteiger partial charge in [-0.25, -0.2) is 4.39 Å². The van der Waals surface area contributed by atoms with Crippen LogP contribution in [-0.4, -0.2) is 5.78 Å². The van der Waals surface area contributed by atoms with E-state index in [9.17, 15) is 9.18 Å². The number of hydrogen-bond donors (Lipinski definition) is 1. The van der Waals surface area contributed by atoms with Gasteiger partial charge in [0.15, 0.2) is 5.78 Å². The van der Waals surface area contributed by atoms with E-state index >= 15 is 0 Å². The molecular weight excluding hydrogens is 205 g/mol. The van der Waals surface area contributed by atoms with Crippen LogP contribution < -0.4 is 5.73 Å². The molecule has 2 rings (SSSR count). The van der Waals surface area contributed by atoms with Crippen LogP contribution in [0, 0.1) is 5.82 Å². The maximum absolute atomic E-state index is 13.5. The number of nitrogen functional groups attached to an aromatic ring is 1. The molecule has 0 saturated carbocycles. The highest BCUT2D eigenvalue weighted by molar-refractivity contribution is 6.09. The highest BCUT2D eigenvalue weighted by atomic mass is 19.1. The minimum atomic E-state index is -0.589. The van der Waals surface area contributed by atoms with Crippen molar-refractivity contribution < 1.29 is 9.18 Å². The predicted octanol–water partition coefficient (Wildman–Crippen LogP) is 2.64. The third kappa shape index (κ3) is 1.93. The molecule has 0 fully saturated rings. The van der Waals surface area contributed by atoms with Crippen LogP contribution in [0.4, 0.5) is 10.1 Å². The first kappa shape index (κ1) is 10.4. The van der Waals surface area contributed by atoms with Gasteiger partial charge in [0, 0.05) is 11.3 Å². The molecule has 16 heavy (non-hydrogen) atoms. The molecule has 0 radical (unpaired) electrons. The van der Waals surface area contributed by atoms with Gasteiger partial charge in [0.2, 0.25) is 0 Å². The minimum absolute atomic E-state index is 0.0420. The van der Waals surface area contributed by atoms with E-state index in [0.717, 1.165) is 6.07 Å². The molecule has 0 amide bonds. The maximum atomic E-state index is 13.5. The third-order valence-corrected chi connectivity index (χ3v) is 2.27. The van der Waals surface area contributed by atoms with Gasteiger partial charge in [-0.05, 0) is 18.2 Å². The van der Waals surface area contributed by atoms with E-state index in [0.29, 0.717) is 11.3 Å². The zero-order valence-corrected chi connectivity index (χ0v) is 8.48. The van der Waals surface area contributed by atoms with E-state index in [1.54, 1.807) is 30.3 Å². The number of nitrogens with two attached hydrogens (primary N) is 1. The summed E-state index contributed by atoms with van der Waals surface area (Å²) in [4.78, 5) is 11.9. The van der Waals surface area contributed by atoms with Gasteiger partial charge in [-0.1, -0.05) is 30.3 Å². The number of halogens is 1. The molecule has 0 bridgehead atoms. The number of benzene rings is 2. The van der Waals surface area contributed by atoms with E-state index in [-0.39, 0.29) is 11.3 Å². The van der Waals surface area contributed by atoms with Crippen molar-refractivity contribution in [3.8, 4) is 0 Å². The van der Waals surface area contributed by atoms with Crippen LogP contribution >= 0.6 is 0 Å². The van der Waals surface area contributed by atoms with E-state index in [4.69, 9.17) is 5.73 Å². The SMILES string of the molecule is Nc1ccc(C(=O)c2ccccc2)c(F)c1. The van der Waals surface area contributed by atoms with Crippen molar-refractivity contribution in [1.29, 1.82) is 0 Å². The number of rotatable bonds is 2. The molecule has 0 unspecified atom stereocenters. The van der Waals surface area contributed by atoms with Gasteiger partial charge >= 0.3 is 0 Å². The third-order valence-electron chi connectivity index (χ3n) is 2.27. The summed E-state index contributed by atoms with van der Waals surface area (Å²) in [6.07, 6.45) is 0. The van der Waals surface area contributed by atoms with Crippen molar-refractivity contribution in [2.45, 2.75) is 0 Å². The summed E-state index contributed by atoms with van der Waals surface area (Å²) in [5.41, 5.74) is 6.23. The topological polar surface area (TPSA) is 43.1 Å². The highest BCUT2D eigenvalue weighted by Crippen LogP contribution is 2.16. The van der Waals surface area contributed by atoms with Crippen molar-refractivity contribution in [2.75, 3.05) is 5.73 Å². The Morgan fingerprint density at radius 2 is 1.75 bits per heavy atom. The van der Waals surface area contributed by atoms with E-state index in [1.165, 1.54) is 12.1 Å². The van der Waals surface area contributed by atoms with E-state index in [2.05, 4.69) is 0 Å². The van der Waals surface area contributed by atoms with Gasteiger partial charge in [0.05, 0.1) is 5.56 Å². The van der Waals surface area contributed by atoms with E-state index in [1.807, 2.05) is 0 Å². The molecule has 0 aliphatic carbocycles. The normalized spacial score (nSPS) is 10.1. The lowest BCUT2D eigenvalue weighted by molar-refractivity contribution is 0.103. The standard InChI is InChI=1S/C13H10FNO/c14-12-8-10(15)6-7-11(12)13(16)9-4-2-1-3-5-9/h1-8H,15H2. The second-order valence-electron chi connectivity index (χ2n) is 3.43. The first-order valence-electron chi connectivity index (χ1n) is 4.83. The molecule has 2 nitrogen and oxygen atoms in total. The Labute approximate surface area is 92.5 Å². The lowest BCUT2D eigenvalue weighted by atomic mass is 10.0. The smallest absolute Gasteiger partial charge is 0.195 e. The molecule has 2 aromatic carbocycles. The van der Waals surface area contributed by atoms with Crippen LogP contribution in [0.15, 0.2) is 48.5 Å². The zero-order valence-electron chi connectivity index (χ0n) is 8.48. The Balaban J connectivity index is 2.42. The monoisotopic (exact) mass is 215 g/mol. The fourth-order valence-electron chi connectivity index (χ4n) is 1.46. The average Bonchev–Trinajstić information content (AvgIpc) is 2.29. The van der Waals surface area contributed by atoms with Crippen LogP contribution in [0.1, 0.15) is 15.9 Å². The molecule has 80 valence electrons. The molecule has 0 heterocycles. The molecule has 0 saturated heterocycles. The Kier molecular flexibility index (Phi) is 2.68. The van der Waals surface area contributed by atoms with Crippen LogP contribution in [0.2, 0.25) is 0 Å². The Bertz CT molecular complexity index is 523. The van der Waals surface area contributed by atoms with Crippen molar-refractivity contribution in [3.63, 3.8) is 0 Å². The van der Waals surface area contributed by atoms with E-state index < -0.39 is 5.82 Å². The molecule has 3 heteroatoms. The number of anilines is 1. The van der Waals surface area contributed by atoms with Gasteiger partial charge in [-0.3, -0.25) is 4.79 Å². The zero-order chi connectivity index (χ0) is 11.5. The fraction of sp³-hybridized carbons (Fsp3) is 0. The Hall–Kier alpha value is -2.16. The Morgan fingerprint density at radius 3 is 2.38 bits per heavy atom. The first-order chi connectivity index (χ1) is 7.68. The lowest BCUT2D eigenvalue weighted by Gasteiger charge is -2.03. The van der Waals surface area contributed by atoms with Crippen LogP contribution in [0.3, 0.4) is 0 Å². The summed E-state index contributed by atoms with van der Waals surface area (Å²) in [7, 11) is 0. The summed E-state index contributed by atoms with van der Waals surface area (Å²) in [6.45, 7) is 0. The van der Waals surface area contributed by atoms with Crippen molar-refractivity contribution in [1.82, 2.24) is 0 Å². The second-order valence-corrected chi connectivity index (χ2v) is 3.43. The largest absolute Gasteiger partial charge is 0.399 e. The van der Waals surface area contributed by atoms with Gasteiger partial charge in [-0.15, -0.1) is 0 Å². The quantitative estimate of drug-likeness (QED) is 0.618. The molecule has 0 aliphatic heterocycles. The van der Waals surface area contributed by atoms with Crippen LogP contribution in [0.25, 0.3) is 0 Å². The average molecular weight is 215 g/mol. The van der Waals surface area contributed by atoms with Crippen molar-refractivity contribution in [2.24, 2.45) is 0 Å². The van der Waals surface area contributed by atoms with Crippen molar-refractivity contribution in [3.05, 3.63) is 65.5 Å². The van der Waals surface area contributed by atoms with Gasteiger partial charge in [0.25, 0.3) is 0 Å². The first-order valence-corrected chi connectivity index (χ1v) is 4.83. The predicted molar refractivity (Wildman–Crippen MR) is 60.7 cm³/mol. The van der Waals surface area contributed by atoms with Gasteiger partial charge < -0.3 is 5.73 Å². The summed E-state index contributed by atoms with van der Waals surface area (Å²) >= 11 is 0. The summed E-state index contributed by atoms with van der Waals surface area (Å²) in [5.74, 6) is -0.924. The summed E-state index contributed by atoms with van der Waals surface area (Å²) < 4.78 is 13.5. The number of carbonyl (C=O) groups excluding carboxylic acids is 1. The number of ketones is 1. The van der Waals surface area contributed by atoms with Crippen molar-refractivity contribution >= 4 is 11.5 Å². The summed E-state index contributed by atoms with van der Waals surface area (Å²) in [5, 5.41) is 0. The molecule has 2 aromatic rings. The lowest BCUT2D eigenvalue weighted by Crippen LogP contribution is -2.04. The van der Waals surface area contributed by atoms with Crippen LogP contribution in [-0.2, 0) is 0 Å². The molecule has 2 N–H and O–H groups in total. The summed E-state index contributed by atoms with van der Waals surface area (Å²) in [6, 6.07) is 12.6. The number of hydrogen-bond acceptors (Lipinski definition) is 2. The van der Waals surface area contributed by atoms with Crippen LogP contribution in [0.5, 0.6) is 0 Å². The highest BCUT2D eigenvalue weighted by Gasteiger charge is 2.13. The second kappa shape index (κ2) is 4.14. The van der Waals surface area contributed by atoms with Gasteiger partial charge in [0.1, 0.15) is 5.82 Å². The number of carbonyl (C=O) groups is 1. The molecule has 0 spiro atoms. The van der Waals surface area contributed by atoms with Gasteiger partial charge in [-0.2, -0.15) is 0 Å². The fourth-order valence-corrected chi connectivity index (χ4v) is 1.46. The molecule has 0 aromatic heterocycles. The molecule has 0 aliphatic rings.